The van der Waals surface area contributed by atoms with Gasteiger partial charge < -0.3 is 15.0 Å². The third-order valence-electron chi connectivity index (χ3n) is 4.19. The van der Waals surface area contributed by atoms with E-state index in [1.54, 1.807) is 24.9 Å². The van der Waals surface area contributed by atoms with Gasteiger partial charge in [-0.15, -0.1) is 0 Å². The quantitative estimate of drug-likeness (QED) is 0.755. The maximum atomic E-state index is 12.2. The number of aromatic nitrogens is 2. The van der Waals surface area contributed by atoms with E-state index < -0.39 is 0 Å². The van der Waals surface area contributed by atoms with Crippen molar-refractivity contribution in [2.45, 2.75) is 13.0 Å². The van der Waals surface area contributed by atoms with E-state index >= 15 is 0 Å². The summed E-state index contributed by atoms with van der Waals surface area (Å²) in [6, 6.07) is 7.80. The summed E-state index contributed by atoms with van der Waals surface area (Å²) in [7, 11) is 7.35. The lowest BCUT2D eigenvalue weighted by molar-refractivity contribution is -0.116. The van der Waals surface area contributed by atoms with E-state index in [1.807, 2.05) is 50.2 Å². The molecule has 0 aliphatic rings. The number of nitrogens with one attached hydrogen (secondary N) is 1. The Balaban J connectivity index is 2.07. The Morgan fingerprint density at radius 1 is 1.42 bits per heavy atom. The van der Waals surface area contributed by atoms with Crippen molar-refractivity contribution < 1.29 is 9.53 Å². The van der Waals surface area contributed by atoms with Crippen molar-refractivity contribution in [3.8, 4) is 5.75 Å². The van der Waals surface area contributed by atoms with Gasteiger partial charge in [-0.05, 0) is 33.2 Å². The number of carbonyl (C=O) groups excluding carboxylic acids is 1. The molecule has 1 aromatic heterocycles. The number of aryl methyl sites for hydroxylation is 2. The maximum Gasteiger partial charge on any atom is 0.244 e. The Kier molecular flexibility index (Phi) is 6.83. The topological polar surface area (TPSA) is 59.4 Å². The number of benzene rings is 1. The van der Waals surface area contributed by atoms with Crippen LogP contribution >= 0.6 is 11.6 Å². The highest BCUT2D eigenvalue weighted by atomic mass is 35.5. The van der Waals surface area contributed by atoms with Crippen molar-refractivity contribution in [1.29, 1.82) is 0 Å². The standard InChI is InChI=1S/C19H25ClN4O2/c1-13-14(19(20)24(4)22-13)10-11-18(25)21-12-16(23(2)3)15-8-6-7-9-17(15)26-5/h6-11,16H,12H2,1-5H3,(H,21,25)/b11-10+. The molecule has 6 nitrogen and oxygen atoms in total. The van der Waals surface area contributed by atoms with Crippen molar-refractivity contribution >= 4 is 23.6 Å². The first kappa shape index (κ1) is 20.0. The van der Waals surface area contributed by atoms with Gasteiger partial charge in [0.2, 0.25) is 5.91 Å². The molecule has 0 aliphatic heterocycles. The lowest BCUT2D eigenvalue weighted by Gasteiger charge is -2.26. The highest BCUT2D eigenvalue weighted by Crippen LogP contribution is 2.27. The van der Waals surface area contributed by atoms with E-state index in [-0.39, 0.29) is 11.9 Å². The Hall–Kier alpha value is -2.31. The van der Waals surface area contributed by atoms with Crippen LogP contribution < -0.4 is 10.1 Å². The highest BCUT2D eigenvalue weighted by molar-refractivity contribution is 6.31. The fourth-order valence-corrected chi connectivity index (χ4v) is 3.00. The molecule has 1 unspecified atom stereocenters. The van der Waals surface area contributed by atoms with Gasteiger partial charge in [-0.1, -0.05) is 29.8 Å². The third-order valence-corrected chi connectivity index (χ3v) is 4.64. The molecular weight excluding hydrogens is 352 g/mol. The molecule has 1 aromatic carbocycles. The lowest BCUT2D eigenvalue weighted by Crippen LogP contribution is -2.33. The first-order valence-electron chi connectivity index (χ1n) is 8.29. The summed E-state index contributed by atoms with van der Waals surface area (Å²) in [6.45, 7) is 2.31. The average Bonchev–Trinajstić information content (AvgIpc) is 2.85. The van der Waals surface area contributed by atoms with E-state index in [4.69, 9.17) is 16.3 Å². The lowest BCUT2D eigenvalue weighted by atomic mass is 10.0. The second kappa shape index (κ2) is 8.87. The van der Waals surface area contributed by atoms with Crippen molar-refractivity contribution in [2.24, 2.45) is 7.05 Å². The van der Waals surface area contributed by atoms with Crippen LogP contribution in [0.2, 0.25) is 5.15 Å². The number of hydrogen-bond acceptors (Lipinski definition) is 4. The van der Waals surface area contributed by atoms with Crippen LogP contribution in [0.15, 0.2) is 30.3 Å². The van der Waals surface area contributed by atoms with Crippen LogP contribution in [-0.4, -0.2) is 48.3 Å². The Labute approximate surface area is 159 Å². The van der Waals surface area contributed by atoms with E-state index in [1.165, 1.54) is 6.08 Å². The third kappa shape index (κ3) is 4.65. The molecule has 1 amide bonds. The number of nitrogens with zero attached hydrogens (tertiary/aromatic N) is 3. The van der Waals surface area contributed by atoms with Crippen molar-refractivity contribution in [3.05, 3.63) is 52.3 Å². The molecule has 1 atom stereocenters. The number of methoxy groups -OCH3 is 1. The number of carbonyl (C=O) groups is 1. The molecule has 140 valence electrons. The molecule has 2 aromatic rings. The zero-order chi connectivity index (χ0) is 19.3. The van der Waals surface area contributed by atoms with Gasteiger partial charge in [0.1, 0.15) is 10.9 Å². The van der Waals surface area contributed by atoms with Gasteiger partial charge >= 0.3 is 0 Å². The number of likely N-dealkylation sites (N-methyl/N-ethyl adjacent to an activating group) is 1. The first-order valence-corrected chi connectivity index (χ1v) is 8.67. The van der Waals surface area contributed by atoms with Crippen molar-refractivity contribution in [1.82, 2.24) is 20.0 Å². The molecular formula is C19H25ClN4O2. The summed E-state index contributed by atoms with van der Waals surface area (Å²) in [5, 5.41) is 7.67. The fourth-order valence-electron chi connectivity index (χ4n) is 2.76. The van der Waals surface area contributed by atoms with E-state index in [9.17, 15) is 4.79 Å². The maximum absolute atomic E-state index is 12.2. The molecule has 1 N–H and O–H groups in total. The molecule has 2 rings (SSSR count). The average molecular weight is 377 g/mol. The zero-order valence-corrected chi connectivity index (χ0v) is 16.5. The number of para-hydroxylation sites is 1. The van der Waals surface area contributed by atoms with Crippen molar-refractivity contribution in [3.63, 3.8) is 0 Å². The molecule has 0 spiro atoms. The van der Waals surface area contributed by atoms with Crippen LogP contribution in [0.5, 0.6) is 5.75 Å². The molecule has 0 saturated carbocycles. The Morgan fingerprint density at radius 2 is 2.12 bits per heavy atom. The van der Waals surface area contributed by atoms with Crippen LogP contribution in [0.1, 0.15) is 22.9 Å². The predicted octanol–water partition coefficient (Wildman–Crippen LogP) is 2.82. The van der Waals surface area contributed by atoms with Gasteiger partial charge in [0.05, 0.1) is 18.8 Å². The van der Waals surface area contributed by atoms with E-state index in [0.717, 1.165) is 22.6 Å². The number of rotatable bonds is 7. The molecule has 26 heavy (non-hydrogen) atoms. The molecule has 7 heteroatoms. The molecule has 0 aliphatic carbocycles. The normalized spacial score (nSPS) is 12.6. The van der Waals surface area contributed by atoms with Crippen LogP contribution in [0.25, 0.3) is 6.08 Å². The Bertz CT molecular complexity index is 799. The second-order valence-electron chi connectivity index (χ2n) is 6.21. The van der Waals surface area contributed by atoms with Crippen LogP contribution in [0.3, 0.4) is 0 Å². The van der Waals surface area contributed by atoms with Gasteiger partial charge in [0.25, 0.3) is 0 Å². The monoisotopic (exact) mass is 376 g/mol. The molecule has 0 radical (unpaired) electrons. The van der Waals surface area contributed by atoms with Gasteiger partial charge in [0.15, 0.2) is 0 Å². The summed E-state index contributed by atoms with van der Waals surface area (Å²) in [4.78, 5) is 14.3. The minimum absolute atomic E-state index is 0.00721. The number of halogens is 1. The molecule has 1 heterocycles. The van der Waals surface area contributed by atoms with E-state index in [0.29, 0.717) is 11.7 Å². The second-order valence-corrected chi connectivity index (χ2v) is 6.57. The first-order chi connectivity index (χ1) is 12.3. The van der Waals surface area contributed by atoms with Gasteiger partial charge in [-0.3, -0.25) is 9.48 Å². The largest absolute Gasteiger partial charge is 0.496 e. The van der Waals surface area contributed by atoms with Gasteiger partial charge in [-0.25, -0.2) is 0 Å². The van der Waals surface area contributed by atoms with Gasteiger partial charge in [-0.2, -0.15) is 5.10 Å². The predicted molar refractivity (Wildman–Crippen MR) is 104 cm³/mol. The molecule has 0 saturated heterocycles. The minimum Gasteiger partial charge on any atom is -0.496 e. The summed E-state index contributed by atoms with van der Waals surface area (Å²) in [5.74, 6) is 0.611. The van der Waals surface area contributed by atoms with Crippen molar-refractivity contribution in [2.75, 3.05) is 27.7 Å². The summed E-state index contributed by atoms with van der Waals surface area (Å²) in [6.07, 6.45) is 3.17. The number of amides is 1. The number of hydrogen-bond donors (Lipinski definition) is 1. The molecule has 0 bridgehead atoms. The summed E-state index contributed by atoms with van der Waals surface area (Å²) < 4.78 is 7.02. The summed E-state index contributed by atoms with van der Waals surface area (Å²) in [5.41, 5.74) is 2.55. The summed E-state index contributed by atoms with van der Waals surface area (Å²) >= 11 is 6.18. The van der Waals surface area contributed by atoms with E-state index in [2.05, 4.69) is 10.4 Å². The minimum atomic E-state index is -0.189. The van der Waals surface area contributed by atoms with Gasteiger partial charge in [0, 0.05) is 30.8 Å². The van der Waals surface area contributed by atoms with Crippen LogP contribution in [0.4, 0.5) is 0 Å². The SMILES string of the molecule is COc1ccccc1C(CNC(=O)/C=C/c1c(C)nn(C)c1Cl)N(C)C. The smallest absolute Gasteiger partial charge is 0.244 e. The van der Waals surface area contributed by atoms with Crippen LogP contribution in [0, 0.1) is 6.92 Å². The highest BCUT2D eigenvalue weighted by Gasteiger charge is 2.18. The number of ether oxygens (including phenoxy) is 1. The Morgan fingerprint density at radius 3 is 2.69 bits per heavy atom. The molecule has 0 fully saturated rings. The van der Waals surface area contributed by atoms with Crippen LogP contribution in [-0.2, 0) is 11.8 Å². The zero-order valence-electron chi connectivity index (χ0n) is 15.8. The fraction of sp³-hybridized carbons (Fsp3) is 0.368.